The van der Waals surface area contributed by atoms with Crippen LogP contribution in [0.4, 0.5) is 0 Å². The molecule has 0 amide bonds. The maximum Gasteiger partial charge on any atom is 0.311 e. The molecule has 0 aromatic rings. The van der Waals surface area contributed by atoms with Gasteiger partial charge in [0.25, 0.3) is 0 Å². The molecule has 2 rings (SSSR count). The first-order valence-electron chi connectivity index (χ1n) is 28.9. The number of aliphatic hydroxyl groups excluding tert-OH is 14. The van der Waals surface area contributed by atoms with Crippen LogP contribution in [0.3, 0.4) is 0 Å². The van der Waals surface area contributed by atoms with Crippen molar-refractivity contribution in [1.82, 2.24) is 0 Å². The van der Waals surface area contributed by atoms with Crippen LogP contribution in [-0.4, -0.2) is 194 Å². The number of ether oxygens (including phenoxy) is 2. The summed E-state index contributed by atoms with van der Waals surface area (Å²) >= 11 is 0. The third kappa shape index (κ3) is 25.6. The zero-order chi connectivity index (χ0) is 59.2. The van der Waals surface area contributed by atoms with Gasteiger partial charge in [0.1, 0.15) is 6.10 Å². The molecule has 2 heterocycles. The Kier molecular flexibility index (Phi) is 33.0. The van der Waals surface area contributed by atoms with Crippen LogP contribution in [0.15, 0.2) is 47.6 Å². The molecule has 78 heavy (non-hydrogen) atoms. The SMILES string of the molecule is [B][C@H]1/C=C(\C)[C@@H](O)C[C@H](O)CCC[C@H](O)[C@@H](C)[C@H](O)C/C=C/C=C(\C)[C@@H](O)[C@H](C)[C@@H]2C[C@H](C)[C@@H](C)C(O)(CC(=O)OC(C)/C=C/[C@@H](O)C[C@@H](O)CCC[C@H](O)[C@@H](C)[C@H](O)CC[C@H](C)[C@H](O)C[C@@H](O)C[C@H](O)CCC(O)[C@@H]1O)O2. The summed E-state index contributed by atoms with van der Waals surface area (Å²) in [5.41, 5.74) is 0.961. The van der Waals surface area contributed by atoms with Crippen LogP contribution >= 0.6 is 0 Å². The molecule has 2 radical (unpaired) electrons. The first-order chi connectivity index (χ1) is 36.4. The fourth-order valence-corrected chi connectivity index (χ4v) is 10.5. The maximum atomic E-state index is 13.2. The Morgan fingerprint density at radius 2 is 1.10 bits per heavy atom. The first-order valence-corrected chi connectivity index (χ1v) is 28.9. The van der Waals surface area contributed by atoms with Gasteiger partial charge < -0.3 is 86.1 Å². The van der Waals surface area contributed by atoms with E-state index in [1.165, 1.54) is 18.2 Å². The van der Waals surface area contributed by atoms with Gasteiger partial charge in [0.2, 0.25) is 0 Å². The predicted octanol–water partition coefficient (Wildman–Crippen LogP) is 3.48. The van der Waals surface area contributed by atoms with Gasteiger partial charge in [0.15, 0.2) is 5.79 Å². The van der Waals surface area contributed by atoms with Crippen molar-refractivity contribution in [2.75, 3.05) is 0 Å². The summed E-state index contributed by atoms with van der Waals surface area (Å²) in [6, 6.07) is 0. The Morgan fingerprint density at radius 1 is 0.551 bits per heavy atom. The molecular formula is C59H105BO18. The Balaban J connectivity index is 2.17. The number of allylic oxidation sites excluding steroid dienone is 2. The Morgan fingerprint density at radius 3 is 1.72 bits per heavy atom. The largest absolute Gasteiger partial charge is 0.458 e. The summed E-state index contributed by atoms with van der Waals surface area (Å²) in [6.45, 7) is 15.7. The molecule has 15 N–H and O–H groups in total. The van der Waals surface area contributed by atoms with Crippen LogP contribution in [0.5, 0.6) is 0 Å². The van der Waals surface area contributed by atoms with E-state index in [1.54, 1.807) is 73.6 Å². The number of cyclic esters (lactones) is 1. The lowest BCUT2D eigenvalue weighted by atomic mass is 9.76. The van der Waals surface area contributed by atoms with Crippen molar-refractivity contribution in [3.05, 3.63) is 47.6 Å². The van der Waals surface area contributed by atoms with Crippen LogP contribution in [0.2, 0.25) is 5.82 Å². The number of carbonyl (C=O) groups excluding carboxylic acids is 1. The number of hydrogen-bond donors (Lipinski definition) is 15. The molecule has 18 nitrogen and oxygen atoms in total. The highest BCUT2D eigenvalue weighted by Crippen LogP contribution is 2.42. The van der Waals surface area contributed by atoms with E-state index in [9.17, 15) is 81.4 Å². The normalized spacial score (nSPS) is 45.8. The van der Waals surface area contributed by atoms with Gasteiger partial charge in [0.05, 0.1) is 106 Å². The van der Waals surface area contributed by atoms with Gasteiger partial charge in [-0.3, -0.25) is 4.79 Å². The van der Waals surface area contributed by atoms with Gasteiger partial charge in [-0.2, -0.15) is 0 Å². The maximum absolute atomic E-state index is 13.2. The second-order valence-electron chi connectivity index (χ2n) is 23.9. The summed E-state index contributed by atoms with van der Waals surface area (Å²) in [7, 11) is 6.16. The summed E-state index contributed by atoms with van der Waals surface area (Å²) in [5.74, 6) is -6.16. The summed E-state index contributed by atoms with van der Waals surface area (Å²) in [4.78, 5) is 13.2. The molecule has 19 heteroatoms. The molecular weight excluding hydrogens is 1010 g/mol. The molecule has 1 saturated heterocycles. The molecule has 0 spiro atoms. The van der Waals surface area contributed by atoms with E-state index < -0.39 is 145 Å². The molecule has 0 saturated carbocycles. The lowest BCUT2D eigenvalue weighted by Gasteiger charge is -2.47. The average Bonchev–Trinajstić information content (AvgIpc) is 3.37. The van der Waals surface area contributed by atoms with Crippen molar-refractivity contribution >= 4 is 13.8 Å². The minimum Gasteiger partial charge on any atom is -0.458 e. The van der Waals surface area contributed by atoms with E-state index in [0.717, 1.165) is 0 Å². The van der Waals surface area contributed by atoms with Gasteiger partial charge in [-0.1, -0.05) is 71.9 Å². The monoisotopic (exact) mass is 1110 g/mol. The van der Waals surface area contributed by atoms with Crippen LogP contribution in [-0.2, 0) is 14.3 Å². The summed E-state index contributed by atoms with van der Waals surface area (Å²) in [6.07, 6.45) is -4.13. The third-order valence-corrected chi connectivity index (χ3v) is 17.0. The second-order valence-corrected chi connectivity index (χ2v) is 23.9. The fraction of sp³-hybridized carbons (Fsp3) is 0.847. The Hall–Kier alpha value is -2.15. The van der Waals surface area contributed by atoms with E-state index in [1.807, 2.05) is 6.92 Å². The van der Waals surface area contributed by atoms with Crippen molar-refractivity contribution in [2.24, 2.45) is 35.5 Å². The van der Waals surface area contributed by atoms with Crippen molar-refractivity contribution in [3.63, 3.8) is 0 Å². The standard InChI is InChI=1S/C59H105BO18/c1-33-20-24-51(69)39(7)50(68)18-12-15-42(61)28-44(63)22-21-37(5)77-56(73)32-59(76)41(9)35(3)27-55(78-59)40(8)57(74)34(2)14-10-11-17-48(66)38(6)49(67)19-13-16-43(62)30-54(72)36(4)26-47(60)58(75)52(70)25-23-45(64)29-46(65)31-53(33)71/h10-11,14,21-22,26,33,35,37-55,57-58,61-72,74-76H,12-13,15-20,23-25,27-32H2,1-9H3/b11-10+,22-21+,34-14+,36-26+/t33-,35-,37?,38-,39+,40+,41+,42-,43+,44+,45+,46-,47-,48+,49-,50-,51+,52?,53+,54-,55-,57+,58+,59?/m0/s1. The minimum absolute atomic E-state index is 0.00492. The zero-order valence-electron chi connectivity index (χ0n) is 48.3. The number of aliphatic hydroxyl groups is 15. The zero-order valence-corrected chi connectivity index (χ0v) is 48.3. The van der Waals surface area contributed by atoms with Crippen LogP contribution in [0.1, 0.15) is 171 Å². The van der Waals surface area contributed by atoms with Crippen molar-refractivity contribution < 1.29 is 90.9 Å². The molecule has 1 fully saturated rings. The molecule has 2 bridgehead atoms. The number of carbonyl (C=O) groups is 1. The third-order valence-electron chi connectivity index (χ3n) is 17.0. The molecule has 3 unspecified atom stereocenters. The summed E-state index contributed by atoms with van der Waals surface area (Å²) < 4.78 is 11.8. The fourth-order valence-electron chi connectivity index (χ4n) is 10.5. The Bertz CT molecular complexity index is 1800. The molecule has 452 valence electrons. The van der Waals surface area contributed by atoms with Crippen LogP contribution < -0.4 is 0 Å². The second kappa shape index (κ2) is 35.8. The van der Waals surface area contributed by atoms with Crippen molar-refractivity contribution in [3.8, 4) is 0 Å². The first kappa shape index (κ1) is 72.0. The molecule has 0 aromatic carbocycles. The molecule has 0 aliphatic carbocycles. The quantitative estimate of drug-likeness (QED) is 0.0938. The Labute approximate surface area is 467 Å². The highest BCUT2D eigenvalue weighted by atomic mass is 16.6. The molecule has 2 aliphatic rings. The lowest BCUT2D eigenvalue weighted by Crippen LogP contribution is -2.54. The lowest BCUT2D eigenvalue weighted by molar-refractivity contribution is -0.304. The van der Waals surface area contributed by atoms with Gasteiger partial charge >= 0.3 is 5.97 Å². The van der Waals surface area contributed by atoms with Gasteiger partial charge in [0, 0.05) is 36.5 Å². The summed E-state index contributed by atoms with van der Waals surface area (Å²) in [5, 5.41) is 163. The highest BCUT2D eigenvalue weighted by molar-refractivity contribution is 6.13. The van der Waals surface area contributed by atoms with E-state index in [0.29, 0.717) is 36.8 Å². The van der Waals surface area contributed by atoms with Crippen molar-refractivity contribution in [1.29, 1.82) is 0 Å². The van der Waals surface area contributed by atoms with Crippen molar-refractivity contribution in [2.45, 2.75) is 281 Å². The highest BCUT2D eigenvalue weighted by Gasteiger charge is 2.49. The van der Waals surface area contributed by atoms with Crippen LogP contribution in [0.25, 0.3) is 0 Å². The van der Waals surface area contributed by atoms with Gasteiger partial charge in [-0.15, -0.1) is 0 Å². The minimum atomic E-state index is -1.89. The van der Waals surface area contributed by atoms with E-state index in [4.69, 9.17) is 17.3 Å². The topological polar surface area (TPSA) is 339 Å². The van der Waals surface area contributed by atoms with E-state index >= 15 is 0 Å². The number of rotatable bonds is 0. The number of fused-ring (bicyclic) bond motifs is 2. The smallest absolute Gasteiger partial charge is 0.311 e. The van der Waals surface area contributed by atoms with Gasteiger partial charge in [-0.25, -0.2) is 0 Å². The molecule has 2 aliphatic heterocycles. The number of hydrogen-bond acceptors (Lipinski definition) is 18. The van der Waals surface area contributed by atoms with E-state index in [2.05, 4.69) is 0 Å². The predicted molar refractivity (Wildman–Crippen MR) is 298 cm³/mol. The van der Waals surface area contributed by atoms with E-state index in [-0.39, 0.29) is 88.9 Å². The number of esters is 1. The van der Waals surface area contributed by atoms with Gasteiger partial charge in [-0.05, 0) is 146 Å². The van der Waals surface area contributed by atoms with Crippen LogP contribution in [0, 0.1) is 35.5 Å². The molecule has 24 atom stereocenters. The molecule has 0 aromatic heterocycles. The average molecular weight is 1110 g/mol.